The molecule has 0 spiro atoms. The minimum absolute atomic E-state index is 0.0694. The third kappa shape index (κ3) is 22.9. The van der Waals surface area contributed by atoms with Gasteiger partial charge in [0.1, 0.15) is 0 Å². The first-order valence-corrected chi connectivity index (χ1v) is 3.66. The molecule has 0 bridgehead atoms. The average Bonchev–Trinajstić information content (AvgIpc) is 1.87. The van der Waals surface area contributed by atoms with Gasteiger partial charge in [0.25, 0.3) is 0 Å². The predicted octanol–water partition coefficient (Wildman–Crippen LogP) is 0.802. The Morgan fingerprint density at radius 2 is 2.08 bits per heavy atom. The molecule has 0 saturated carbocycles. The molecule has 0 unspecified atom stereocenters. The van der Waals surface area contributed by atoms with E-state index in [1.807, 2.05) is 0 Å². The SMILES string of the molecule is CCOC(=O)Cl.NCCC(=O)O. The summed E-state index contributed by atoms with van der Waals surface area (Å²) in [7, 11) is 0. The summed E-state index contributed by atoms with van der Waals surface area (Å²) < 4.78 is 4.17. The lowest BCUT2D eigenvalue weighted by atomic mass is 10.5. The van der Waals surface area contributed by atoms with Crippen molar-refractivity contribution >= 4 is 23.0 Å². The van der Waals surface area contributed by atoms with Gasteiger partial charge in [0, 0.05) is 18.1 Å². The standard InChI is InChI=1S/C3H5ClO2.C3H7NO2/c1-2-6-3(4)5;4-2-1-3(5)6/h2H2,1H3;1-2,4H2,(H,5,6). The van der Waals surface area contributed by atoms with Crippen LogP contribution in [0.4, 0.5) is 4.79 Å². The van der Waals surface area contributed by atoms with Crippen molar-refractivity contribution < 1.29 is 19.4 Å². The number of aliphatic carboxylic acids is 1. The molecule has 72 valence electrons. The van der Waals surface area contributed by atoms with E-state index in [1.54, 1.807) is 6.92 Å². The van der Waals surface area contributed by atoms with Gasteiger partial charge in [-0.05, 0) is 6.92 Å². The monoisotopic (exact) mass is 197 g/mol. The number of ether oxygens (including phenoxy) is 1. The van der Waals surface area contributed by atoms with Crippen molar-refractivity contribution in [1.29, 1.82) is 0 Å². The van der Waals surface area contributed by atoms with E-state index in [2.05, 4.69) is 4.74 Å². The minimum atomic E-state index is -0.836. The van der Waals surface area contributed by atoms with Gasteiger partial charge in [0.05, 0.1) is 13.0 Å². The van der Waals surface area contributed by atoms with Crippen LogP contribution in [0.15, 0.2) is 0 Å². The van der Waals surface area contributed by atoms with Gasteiger partial charge in [-0.15, -0.1) is 0 Å². The quantitative estimate of drug-likeness (QED) is 0.654. The minimum Gasteiger partial charge on any atom is -0.481 e. The van der Waals surface area contributed by atoms with Crippen LogP contribution in [0.5, 0.6) is 0 Å². The first-order chi connectivity index (χ1) is 5.54. The summed E-state index contributed by atoms with van der Waals surface area (Å²) in [5.74, 6) is -0.836. The zero-order valence-corrected chi connectivity index (χ0v) is 7.50. The fourth-order valence-corrected chi connectivity index (χ4v) is 0.346. The van der Waals surface area contributed by atoms with Gasteiger partial charge >= 0.3 is 11.4 Å². The lowest BCUT2D eigenvalue weighted by molar-refractivity contribution is -0.136. The number of hydrogen-bond acceptors (Lipinski definition) is 4. The van der Waals surface area contributed by atoms with Gasteiger partial charge < -0.3 is 15.6 Å². The summed E-state index contributed by atoms with van der Waals surface area (Å²) in [5, 5.41) is 7.83. The molecule has 0 aliphatic carbocycles. The molecule has 0 amide bonds. The van der Waals surface area contributed by atoms with E-state index in [9.17, 15) is 9.59 Å². The molecular weight excluding hydrogens is 186 g/mol. The number of carboxylic acid groups (broad SMARTS) is 1. The van der Waals surface area contributed by atoms with Crippen LogP contribution in [0, 0.1) is 0 Å². The summed E-state index contributed by atoms with van der Waals surface area (Å²) in [6.45, 7) is 2.28. The fraction of sp³-hybridized carbons (Fsp3) is 0.667. The first kappa shape index (κ1) is 13.8. The molecule has 0 saturated heterocycles. The van der Waals surface area contributed by atoms with E-state index in [4.69, 9.17) is 22.4 Å². The third-order valence-corrected chi connectivity index (χ3v) is 0.725. The van der Waals surface area contributed by atoms with Crippen LogP contribution in [0.2, 0.25) is 0 Å². The Kier molecular flexibility index (Phi) is 11.7. The largest absolute Gasteiger partial charge is 0.481 e. The number of carbonyl (C=O) groups is 2. The zero-order valence-electron chi connectivity index (χ0n) is 6.75. The van der Waals surface area contributed by atoms with Crippen LogP contribution in [-0.4, -0.2) is 29.7 Å². The molecule has 0 aliphatic heterocycles. The number of rotatable bonds is 3. The Morgan fingerprint density at radius 1 is 1.58 bits per heavy atom. The molecule has 5 nitrogen and oxygen atoms in total. The lowest BCUT2D eigenvalue weighted by Gasteiger charge is -1.86. The molecule has 0 rings (SSSR count). The molecule has 0 radical (unpaired) electrons. The molecule has 0 heterocycles. The van der Waals surface area contributed by atoms with Crippen molar-refractivity contribution in [3.63, 3.8) is 0 Å². The van der Waals surface area contributed by atoms with Crippen molar-refractivity contribution in [3.8, 4) is 0 Å². The van der Waals surface area contributed by atoms with Crippen molar-refractivity contribution in [2.24, 2.45) is 5.73 Å². The highest BCUT2D eigenvalue weighted by Gasteiger charge is 1.87. The molecule has 0 atom stereocenters. The van der Waals surface area contributed by atoms with Crippen LogP contribution in [-0.2, 0) is 9.53 Å². The Bertz CT molecular complexity index is 124. The highest BCUT2D eigenvalue weighted by Crippen LogP contribution is 1.82. The number of carboxylic acids is 1. The number of nitrogens with two attached hydrogens (primary N) is 1. The van der Waals surface area contributed by atoms with Gasteiger partial charge in [-0.1, -0.05) is 0 Å². The first-order valence-electron chi connectivity index (χ1n) is 3.28. The fourth-order valence-electron chi connectivity index (χ4n) is 0.237. The second-order valence-corrected chi connectivity index (χ2v) is 1.91. The predicted molar refractivity (Wildman–Crippen MR) is 44.2 cm³/mol. The molecule has 0 aliphatic rings. The number of carbonyl (C=O) groups excluding carboxylic acids is 1. The lowest BCUT2D eigenvalue weighted by Crippen LogP contribution is -2.05. The van der Waals surface area contributed by atoms with Crippen LogP contribution in [0.1, 0.15) is 13.3 Å². The topological polar surface area (TPSA) is 89.6 Å². The van der Waals surface area contributed by atoms with Crippen molar-refractivity contribution in [2.75, 3.05) is 13.2 Å². The average molecular weight is 198 g/mol. The van der Waals surface area contributed by atoms with E-state index in [0.717, 1.165) is 0 Å². The van der Waals surface area contributed by atoms with Gasteiger partial charge in [-0.3, -0.25) is 4.79 Å². The van der Waals surface area contributed by atoms with Gasteiger partial charge in [0.2, 0.25) is 0 Å². The van der Waals surface area contributed by atoms with E-state index in [-0.39, 0.29) is 13.0 Å². The summed E-state index contributed by atoms with van der Waals surface area (Å²) in [4.78, 5) is 19.1. The van der Waals surface area contributed by atoms with E-state index >= 15 is 0 Å². The number of halogens is 1. The summed E-state index contributed by atoms with van der Waals surface area (Å²) in [6, 6.07) is 0. The zero-order chi connectivity index (χ0) is 9.98. The Hall–Kier alpha value is -0.810. The van der Waals surface area contributed by atoms with Crippen molar-refractivity contribution in [2.45, 2.75) is 13.3 Å². The summed E-state index contributed by atoms with van der Waals surface area (Å²) in [6.07, 6.45) is 0.0694. The van der Waals surface area contributed by atoms with Gasteiger partial charge in [-0.25, -0.2) is 4.79 Å². The van der Waals surface area contributed by atoms with E-state index in [0.29, 0.717) is 6.61 Å². The number of hydrogen-bond donors (Lipinski definition) is 2. The molecule has 12 heavy (non-hydrogen) atoms. The maximum atomic E-state index is 9.59. The van der Waals surface area contributed by atoms with E-state index < -0.39 is 11.4 Å². The van der Waals surface area contributed by atoms with Crippen LogP contribution >= 0.6 is 11.6 Å². The molecule has 0 aromatic carbocycles. The normalized spacial score (nSPS) is 7.92. The van der Waals surface area contributed by atoms with Gasteiger partial charge in [0.15, 0.2) is 0 Å². The van der Waals surface area contributed by atoms with Crippen molar-refractivity contribution in [1.82, 2.24) is 0 Å². The summed E-state index contributed by atoms with van der Waals surface area (Å²) >= 11 is 4.72. The third-order valence-electron chi connectivity index (χ3n) is 0.616. The maximum Gasteiger partial charge on any atom is 0.403 e. The highest BCUT2D eigenvalue weighted by molar-refractivity contribution is 6.61. The second kappa shape index (κ2) is 10.2. The maximum absolute atomic E-state index is 9.59. The Balaban J connectivity index is 0. The van der Waals surface area contributed by atoms with E-state index in [1.165, 1.54) is 0 Å². The Morgan fingerprint density at radius 3 is 2.08 bits per heavy atom. The molecular formula is C6H12ClNO4. The smallest absolute Gasteiger partial charge is 0.403 e. The highest BCUT2D eigenvalue weighted by atomic mass is 35.5. The van der Waals surface area contributed by atoms with Gasteiger partial charge in [-0.2, -0.15) is 0 Å². The molecule has 0 aromatic rings. The van der Waals surface area contributed by atoms with Crippen LogP contribution < -0.4 is 5.73 Å². The van der Waals surface area contributed by atoms with Crippen LogP contribution in [0.25, 0.3) is 0 Å². The van der Waals surface area contributed by atoms with Crippen LogP contribution in [0.3, 0.4) is 0 Å². The second-order valence-electron chi connectivity index (χ2n) is 1.60. The summed E-state index contributed by atoms with van der Waals surface area (Å²) in [5.41, 5.74) is 4.11. The van der Waals surface area contributed by atoms with Crippen molar-refractivity contribution in [3.05, 3.63) is 0 Å². The molecule has 0 fully saturated rings. The molecule has 6 heteroatoms. The Labute approximate surface area is 75.4 Å². The molecule has 3 N–H and O–H groups in total. The molecule has 0 aromatic heterocycles.